The van der Waals surface area contributed by atoms with Crippen LogP contribution in [-0.4, -0.2) is 34.1 Å². The second-order valence-corrected chi connectivity index (χ2v) is 5.09. The van der Waals surface area contributed by atoms with Crippen molar-refractivity contribution in [3.05, 3.63) is 24.5 Å². The lowest BCUT2D eigenvalue weighted by atomic mass is 10.1. The molecule has 0 bridgehead atoms. The van der Waals surface area contributed by atoms with E-state index in [-0.39, 0.29) is 0 Å². The number of likely N-dealkylation sites (N-methyl/N-ethyl adjacent to an activating group) is 1. The molecule has 0 saturated carbocycles. The van der Waals surface area contributed by atoms with Gasteiger partial charge in [0.1, 0.15) is 0 Å². The summed E-state index contributed by atoms with van der Waals surface area (Å²) in [6.07, 6.45) is 4.48. The average Bonchev–Trinajstić information content (AvgIpc) is 2.81. The predicted molar refractivity (Wildman–Crippen MR) is 74.5 cm³/mol. The van der Waals surface area contributed by atoms with Crippen LogP contribution in [0.25, 0.3) is 11.0 Å². The Labute approximate surface area is 107 Å². The van der Waals surface area contributed by atoms with Crippen LogP contribution in [0.4, 0.5) is 5.69 Å². The van der Waals surface area contributed by atoms with Gasteiger partial charge in [0.25, 0.3) is 0 Å². The van der Waals surface area contributed by atoms with E-state index in [9.17, 15) is 0 Å². The van der Waals surface area contributed by atoms with Gasteiger partial charge >= 0.3 is 0 Å². The van der Waals surface area contributed by atoms with Crippen molar-refractivity contribution in [1.82, 2.24) is 14.5 Å². The lowest BCUT2D eigenvalue weighted by molar-refractivity contribution is 0.187. The van der Waals surface area contributed by atoms with Crippen molar-refractivity contribution in [3.63, 3.8) is 0 Å². The molecule has 1 aliphatic rings. The molecule has 1 aromatic carbocycles. The van der Waals surface area contributed by atoms with Gasteiger partial charge in [-0.05, 0) is 44.1 Å². The molecule has 2 N–H and O–H groups in total. The van der Waals surface area contributed by atoms with Gasteiger partial charge in [0, 0.05) is 18.3 Å². The number of benzene rings is 1. The van der Waals surface area contributed by atoms with E-state index < -0.39 is 0 Å². The first-order valence-corrected chi connectivity index (χ1v) is 6.72. The molecule has 3 rings (SSSR count). The molecular weight excluding hydrogens is 224 g/mol. The van der Waals surface area contributed by atoms with E-state index in [0.29, 0.717) is 6.04 Å². The van der Waals surface area contributed by atoms with Gasteiger partial charge in [-0.1, -0.05) is 6.92 Å². The van der Waals surface area contributed by atoms with E-state index in [0.717, 1.165) is 24.3 Å². The van der Waals surface area contributed by atoms with Crippen LogP contribution in [0.5, 0.6) is 0 Å². The lowest BCUT2D eigenvalue weighted by Gasteiger charge is -2.32. The highest BCUT2D eigenvalue weighted by Gasteiger charge is 2.21. The highest BCUT2D eigenvalue weighted by atomic mass is 15.2. The quantitative estimate of drug-likeness (QED) is 0.824. The summed E-state index contributed by atoms with van der Waals surface area (Å²) in [5.74, 6) is 0. The first-order chi connectivity index (χ1) is 8.78. The molecule has 1 aromatic heterocycles. The molecule has 4 nitrogen and oxygen atoms in total. The van der Waals surface area contributed by atoms with Gasteiger partial charge in [-0.25, -0.2) is 4.98 Å². The van der Waals surface area contributed by atoms with Crippen LogP contribution in [0, 0.1) is 0 Å². The molecule has 1 atom stereocenters. The van der Waals surface area contributed by atoms with Gasteiger partial charge in [0.2, 0.25) is 0 Å². The monoisotopic (exact) mass is 244 g/mol. The van der Waals surface area contributed by atoms with Crippen molar-refractivity contribution in [3.8, 4) is 0 Å². The molecular formula is C14H20N4. The Balaban J connectivity index is 1.94. The van der Waals surface area contributed by atoms with Crippen LogP contribution in [0.3, 0.4) is 0 Å². The molecule has 2 aromatic rings. The Morgan fingerprint density at radius 3 is 3.17 bits per heavy atom. The minimum atomic E-state index is 0.548. The fourth-order valence-electron chi connectivity index (χ4n) is 2.89. The fourth-order valence-corrected chi connectivity index (χ4v) is 2.89. The van der Waals surface area contributed by atoms with E-state index in [4.69, 9.17) is 5.73 Å². The third-order valence-electron chi connectivity index (χ3n) is 3.92. The Kier molecular flexibility index (Phi) is 2.96. The highest BCUT2D eigenvalue weighted by Crippen LogP contribution is 2.26. The number of likely N-dealkylation sites (tertiary alicyclic amines) is 1. The SMILES string of the molecule is CCN1CCCC(n2cnc3cc(N)ccc32)C1. The van der Waals surface area contributed by atoms with Crippen molar-refractivity contribution in [1.29, 1.82) is 0 Å². The number of anilines is 1. The largest absolute Gasteiger partial charge is 0.399 e. The van der Waals surface area contributed by atoms with Crippen LogP contribution < -0.4 is 5.73 Å². The van der Waals surface area contributed by atoms with Gasteiger partial charge in [-0.2, -0.15) is 0 Å². The second-order valence-electron chi connectivity index (χ2n) is 5.09. The van der Waals surface area contributed by atoms with Gasteiger partial charge in [-0.3, -0.25) is 0 Å². The molecule has 2 heterocycles. The number of fused-ring (bicyclic) bond motifs is 1. The number of piperidine rings is 1. The zero-order valence-corrected chi connectivity index (χ0v) is 10.8. The summed E-state index contributed by atoms with van der Waals surface area (Å²) < 4.78 is 2.32. The van der Waals surface area contributed by atoms with Crippen molar-refractivity contribution in [2.24, 2.45) is 0 Å². The molecule has 18 heavy (non-hydrogen) atoms. The zero-order valence-electron chi connectivity index (χ0n) is 10.8. The Morgan fingerprint density at radius 1 is 1.44 bits per heavy atom. The molecule has 0 amide bonds. The highest BCUT2D eigenvalue weighted by molar-refractivity contribution is 5.79. The molecule has 0 aliphatic carbocycles. The standard InChI is InChI=1S/C14H20N4/c1-2-17-7-3-4-12(9-17)18-10-16-13-8-11(15)5-6-14(13)18/h5-6,8,10,12H,2-4,7,9,15H2,1H3. The number of hydrogen-bond donors (Lipinski definition) is 1. The molecule has 0 radical (unpaired) electrons. The van der Waals surface area contributed by atoms with E-state index in [1.165, 1.54) is 24.9 Å². The zero-order chi connectivity index (χ0) is 12.5. The molecule has 4 heteroatoms. The van der Waals surface area contributed by atoms with Crippen molar-refractivity contribution < 1.29 is 0 Å². The summed E-state index contributed by atoms with van der Waals surface area (Å²) in [5.41, 5.74) is 8.79. The maximum atomic E-state index is 5.80. The maximum absolute atomic E-state index is 5.80. The summed E-state index contributed by atoms with van der Waals surface area (Å²) in [4.78, 5) is 6.98. The number of nitrogens with zero attached hydrogens (tertiary/aromatic N) is 3. The fraction of sp³-hybridized carbons (Fsp3) is 0.500. The molecule has 96 valence electrons. The molecule has 1 aliphatic heterocycles. The molecule has 0 spiro atoms. The third kappa shape index (κ3) is 1.97. The van der Waals surface area contributed by atoms with Gasteiger partial charge in [0.15, 0.2) is 0 Å². The van der Waals surface area contributed by atoms with E-state index in [1.54, 1.807) is 0 Å². The van der Waals surface area contributed by atoms with Gasteiger partial charge in [-0.15, -0.1) is 0 Å². The van der Waals surface area contributed by atoms with Crippen LogP contribution in [0.1, 0.15) is 25.8 Å². The Bertz CT molecular complexity index is 546. The second kappa shape index (κ2) is 4.61. The van der Waals surface area contributed by atoms with Crippen LogP contribution in [0.2, 0.25) is 0 Å². The molecule has 1 fully saturated rings. The lowest BCUT2D eigenvalue weighted by Crippen LogP contribution is -2.36. The van der Waals surface area contributed by atoms with Crippen molar-refractivity contribution in [2.45, 2.75) is 25.8 Å². The first kappa shape index (κ1) is 11.5. The third-order valence-corrected chi connectivity index (χ3v) is 3.92. The van der Waals surface area contributed by atoms with Crippen LogP contribution >= 0.6 is 0 Å². The predicted octanol–water partition coefficient (Wildman–Crippen LogP) is 2.28. The van der Waals surface area contributed by atoms with Crippen molar-refractivity contribution in [2.75, 3.05) is 25.4 Å². The first-order valence-electron chi connectivity index (χ1n) is 6.72. The smallest absolute Gasteiger partial charge is 0.0961 e. The van der Waals surface area contributed by atoms with E-state index in [2.05, 4.69) is 27.4 Å². The van der Waals surface area contributed by atoms with Crippen LogP contribution in [0.15, 0.2) is 24.5 Å². The topological polar surface area (TPSA) is 47.1 Å². The van der Waals surface area contributed by atoms with Crippen molar-refractivity contribution >= 4 is 16.7 Å². The van der Waals surface area contributed by atoms with Gasteiger partial charge in [0.05, 0.1) is 17.4 Å². The van der Waals surface area contributed by atoms with Gasteiger partial charge < -0.3 is 15.2 Å². The average molecular weight is 244 g/mol. The maximum Gasteiger partial charge on any atom is 0.0961 e. The number of aromatic nitrogens is 2. The Hall–Kier alpha value is -1.55. The number of nitrogen functional groups attached to an aromatic ring is 1. The number of rotatable bonds is 2. The number of nitrogens with two attached hydrogens (primary N) is 1. The van der Waals surface area contributed by atoms with E-state index in [1.807, 2.05) is 18.5 Å². The normalized spacial score (nSPS) is 21.5. The minimum Gasteiger partial charge on any atom is -0.399 e. The summed E-state index contributed by atoms with van der Waals surface area (Å²) in [5, 5.41) is 0. The summed E-state index contributed by atoms with van der Waals surface area (Å²) in [6, 6.07) is 6.54. The Morgan fingerprint density at radius 2 is 2.33 bits per heavy atom. The molecule has 1 saturated heterocycles. The molecule has 1 unspecified atom stereocenters. The summed E-state index contributed by atoms with van der Waals surface area (Å²) >= 11 is 0. The summed E-state index contributed by atoms with van der Waals surface area (Å²) in [6.45, 7) is 5.73. The number of hydrogen-bond acceptors (Lipinski definition) is 3. The van der Waals surface area contributed by atoms with Crippen LogP contribution in [-0.2, 0) is 0 Å². The summed E-state index contributed by atoms with van der Waals surface area (Å²) in [7, 11) is 0. The van der Waals surface area contributed by atoms with E-state index >= 15 is 0 Å². The minimum absolute atomic E-state index is 0.548. The number of imidazole rings is 1.